The van der Waals surface area contributed by atoms with E-state index < -0.39 is 0 Å². The number of ether oxygens (including phenoxy) is 1. The molecule has 0 amide bonds. The Balaban J connectivity index is 2.79. The molecule has 1 aliphatic carbocycles. The van der Waals surface area contributed by atoms with E-state index in [1.807, 2.05) is 0 Å². The van der Waals surface area contributed by atoms with Gasteiger partial charge in [-0.05, 0) is 30.6 Å². The normalized spacial score (nSPS) is 34.5. The van der Waals surface area contributed by atoms with E-state index in [-0.39, 0.29) is 0 Å². The molecule has 1 rings (SSSR count). The second-order valence-corrected chi connectivity index (χ2v) is 5.86. The highest BCUT2D eigenvalue weighted by atomic mass is 16.5. The minimum Gasteiger partial charge on any atom is -0.378 e. The predicted octanol–water partition coefficient (Wildman–Crippen LogP) is 4.02. The molecule has 14 heavy (non-hydrogen) atoms. The van der Waals surface area contributed by atoms with E-state index >= 15 is 0 Å². The van der Waals surface area contributed by atoms with Crippen LogP contribution in [0.25, 0.3) is 0 Å². The molecule has 0 spiro atoms. The summed E-state index contributed by atoms with van der Waals surface area (Å²) < 4.78 is 5.92. The van der Waals surface area contributed by atoms with Crippen molar-refractivity contribution in [2.75, 3.05) is 6.61 Å². The molecule has 1 fully saturated rings. The lowest BCUT2D eigenvalue weighted by atomic mass is 9.59. The lowest BCUT2D eigenvalue weighted by Crippen LogP contribution is -2.46. The molecule has 0 aliphatic heterocycles. The molecule has 0 bridgehead atoms. The van der Waals surface area contributed by atoms with Crippen molar-refractivity contribution in [2.45, 2.75) is 66.4 Å². The Kier molecular flexibility index (Phi) is 3.63. The van der Waals surface area contributed by atoms with E-state index in [2.05, 4.69) is 34.6 Å². The van der Waals surface area contributed by atoms with Crippen molar-refractivity contribution in [2.24, 2.45) is 10.8 Å². The average molecular weight is 198 g/mol. The van der Waals surface area contributed by atoms with Crippen molar-refractivity contribution in [3.05, 3.63) is 0 Å². The minimum atomic E-state index is 0.354. The molecule has 1 heteroatoms. The van der Waals surface area contributed by atoms with E-state index in [9.17, 15) is 0 Å². The Bertz CT molecular complexity index is 178. The molecular formula is C13H26O. The molecule has 1 nitrogen and oxygen atoms in total. The van der Waals surface area contributed by atoms with E-state index in [1.54, 1.807) is 0 Å². The Hall–Kier alpha value is -0.0400. The molecule has 1 aliphatic rings. The van der Waals surface area contributed by atoms with E-state index in [1.165, 1.54) is 25.7 Å². The van der Waals surface area contributed by atoms with Gasteiger partial charge in [-0.2, -0.15) is 0 Å². The fourth-order valence-electron chi connectivity index (χ4n) is 2.63. The third kappa shape index (κ3) is 2.13. The molecule has 2 atom stereocenters. The molecule has 0 heterocycles. The summed E-state index contributed by atoms with van der Waals surface area (Å²) in [6.07, 6.45) is 5.76. The van der Waals surface area contributed by atoms with Gasteiger partial charge < -0.3 is 4.74 Å². The molecule has 0 aromatic rings. The summed E-state index contributed by atoms with van der Waals surface area (Å²) in [6.45, 7) is 12.4. The zero-order chi connectivity index (χ0) is 10.8. The highest BCUT2D eigenvalue weighted by Gasteiger charge is 2.45. The third-order valence-corrected chi connectivity index (χ3v) is 4.20. The van der Waals surface area contributed by atoms with Crippen molar-refractivity contribution >= 4 is 0 Å². The smallest absolute Gasteiger partial charge is 0.0633 e. The monoisotopic (exact) mass is 198 g/mol. The van der Waals surface area contributed by atoms with Crippen LogP contribution in [0, 0.1) is 10.8 Å². The molecule has 0 aromatic heterocycles. The SMILES string of the molecule is CCOC1CCCCC1(C)C(C)(C)C. The van der Waals surface area contributed by atoms with Crippen LogP contribution in [0.15, 0.2) is 0 Å². The van der Waals surface area contributed by atoms with Gasteiger partial charge in [0, 0.05) is 6.61 Å². The Labute approximate surface area is 89.2 Å². The van der Waals surface area contributed by atoms with Crippen molar-refractivity contribution in [3.8, 4) is 0 Å². The van der Waals surface area contributed by atoms with Crippen LogP contribution in [0.4, 0.5) is 0 Å². The average Bonchev–Trinajstić information content (AvgIpc) is 2.07. The Morgan fingerprint density at radius 1 is 1.29 bits per heavy atom. The molecular weight excluding hydrogens is 172 g/mol. The van der Waals surface area contributed by atoms with Gasteiger partial charge in [-0.1, -0.05) is 40.5 Å². The van der Waals surface area contributed by atoms with Crippen LogP contribution in [0.1, 0.15) is 60.3 Å². The first-order valence-electron chi connectivity index (χ1n) is 6.03. The molecule has 2 unspecified atom stereocenters. The summed E-state index contributed by atoms with van der Waals surface area (Å²) in [5.74, 6) is 0. The van der Waals surface area contributed by atoms with Crippen molar-refractivity contribution in [1.29, 1.82) is 0 Å². The molecule has 0 aromatic carbocycles. The third-order valence-electron chi connectivity index (χ3n) is 4.20. The van der Waals surface area contributed by atoms with E-state index in [0.717, 1.165) is 6.61 Å². The fourth-order valence-corrected chi connectivity index (χ4v) is 2.63. The molecule has 84 valence electrons. The zero-order valence-electron chi connectivity index (χ0n) is 10.5. The van der Waals surface area contributed by atoms with Gasteiger partial charge in [0.15, 0.2) is 0 Å². The Morgan fingerprint density at radius 2 is 1.93 bits per heavy atom. The quantitative estimate of drug-likeness (QED) is 0.651. The summed E-state index contributed by atoms with van der Waals surface area (Å²) in [5, 5.41) is 0. The highest BCUT2D eigenvalue weighted by molar-refractivity contribution is 4.95. The number of rotatable bonds is 2. The van der Waals surface area contributed by atoms with Crippen LogP contribution in [0.5, 0.6) is 0 Å². The summed E-state index contributed by atoms with van der Waals surface area (Å²) in [7, 11) is 0. The lowest BCUT2D eigenvalue weighted by molar-refractivity contribution is -0.106. The highest BCUT2D eigenvalue weighted by Crippen LogP contribution is 2.50. The maximum atomic E-state index is 5.92. The van der Waals surface area contributed by atoms with Crippen LogP contribution in [0.2, 0.25) is 0 Å². The summed E-state index contributed by atoms with van der Waals surface area (Å²) in [4.78, 5) is 0. The minimum absolute atomic E-state index is 0.354. The zero-order valence-corrected chi connectivity index (χ0v) is 10.5. The standard InChI is InChI=1S/C13H26O/c1-6-14-11-9-7-8-10-13(11,5)12(2,3)4/h11H,6-10H2,1-5H3. The van der Waals surface area contributed by atoms with Gasteiger partial charge in [0.25, 0.3) is 0 Å². The predicted molar refractivity (Wildman–Crippen MR) is 61.4 cm³/mol. The van der Waals surface area contributed by atoms with Crippen LogP contribution < -0.4 is 0 Å². The van der Waals surface area contributed by atoms with Crippen molar-refractivity contribution in [3.63, 3.8) is 0 Å². The first kappa shape index (κ1) is 12.0. The number of hydrogen-bond donors (Lipinski definition) is 0. The van der Waals surface area contributed by atoms with Gasteiger partial charge in [-0.25, -0.2) is 0 Å². The van der Waals surface area contributed by atoms with Gasteiger partial charge in [-0.15, -0.1) is 0 Å². The van der Waals surface area contributed by atoms with Gasteiger partial charge in [0.05, 0.1) is 6.10 Å². The maximum Gasteiger partial charge on any atom is 0.0633 e. The second kappa shape index (κ2) is 4.22. The summed E-state index contributed by atoms with van der Waals surface area (Å²) in [6, 6.07) is 0. The molecule has 0 radical (unpaired) electrons. The summed E-state index contributed by atoms with van der Waals surface area (Å²) in [5.41, 5.74) is 0.717. The maximum absolute atomic E-state index is 5.92. The Morgan fingerprint density at radius 3 is 2.43 bits per heavy atom. The molecule has 0 N–H and O–H groups in total. The van der Waals surface area contributed by atoms with Gasteiger partial charge >= 0.3 is 0 Å². The van der Waals surface area contributed by atoms with E-state index in [0.29, 0.717) is 16.9 Å². The number of hydrogen-bond acceptors (Lipinski definition) is 1. The van der Waals surface area contributed by atoms with Crippen LogP contribution in [0.3, 0.4) is 0 Å². The fraction of sp³-hybridized carbons (Fsp3) is 1.00. The first-order chi connectivity index (χ1) is 6.42. The van der Waals surface area contributed by atoms with Gasteiger partial charge in [0.2, 0.25) is 0 Å². The first-order valence-corrected chi connectivity index (χ1v) is 6.03. The molecule has 0 saturated heterocycles. The van der Waals surface area contributed by atoms with Crippen LogP contribution in [-0.4, -0.2) is 12.7 Å². The summed E-state index contributed by atoms with van der Waals surface area (Å²) >= 11 is 0. The van der Waals surface area contributed by atoms with Crippen molar-refractivity contribution in [1.82, 2.24) is 0 Å². The second-order valence-electron chi connectivity index (χ2n) is 5.86. The van der Waals surface area contributed by atoms with Crippen LogP contribution >= 0.6 is 0 Å². The van der Waals surface area contributed by atoms with Gasteiger partial charge in [-0.3, -0.25) is 0 Å². The van der Waals surface area contributed by atoms with Crippen LogP contribution in [-0.2, 0) is 4.74 Å². The largest absolute Gasteiger partial charge is 0.378 e. The van der Waals surface area contributed by atoms with Gasteiger partial charge in [0.1, 0.15) is 0 Å². The topological polar surface area (TPSA) is 9.23 Å². The lowest BCUT2D eigenvalue weighted by Gasteiger charge is -2.50. The van der Waals surface area contributed by atoms with E-state index in [4.69, 9.17) is 4.74 Å². The van der Waals surface area contributed by atoms with Crippen molar-refractivity contribution < 1.29 is 4.74 Å². The molecule has 1 saturated carbocycles.